The van der Waals surface area contributed by atoms with Crippen molar-refractivity contribution < 1.29 is 14.3 Å². The lowest BCUT2D eigenvalue weighted by Gasteiger charge is -2.08. The smallest absolute Gasteiger partial charge is 0.343 e. The summed E-state index contributed by atoms with van der Waals surface area (Å²) in [5.41, 5.74) is 3.55. The van der Waals surface area contributed by atoms with Gasteiger partial charge >= 0.3 is 5.97 Å². The van der Waals surface area contributed by atoms with Gasteiger partial charge in [-0.3, -0.25) is 5.10 Å². The molecule has 0 saturated heterocycles. The Bertz CT molecular complexity index is 993. The van der Waals surface area contributed by atoms with E-state index in [9.17, 15) is 4.79 Å². The molecular weight excluding hydrogens is 436 g/mol. The number of aromatic amines is 1. The van der Waals surface area contributed by atoms with Gasteiger partial charge in [0.05, 0.1) is 17.9 Å². The van der Waals surface area contributed by atoms with Gasteiger partial charge in [0.1, 0.15) is 11.5 Å². The van der Waals surface area contributed by atoms with Gasteiger partial charge < -0.3 is 9.47 Å². The average Bonchev–Trinajstić information content (AvgIpc) is 3.35. The molecule has 0 atom stereocenters. The molecule has 3 aromatic rings. The Kier molecular flexibility index (Phi) is 11.4. The maximum absolute atomic E-state index is 12.5. The topological polar surface area (TPSA) is 64.2 Å². The summed E-state index contributed by atoms with van der Waals surface area (Å²) in [5, 5.41) is 7.53. The number of benzene rings is 2. The molecule has 0 unspecified atom stereocenters. The van der Waals surface area contributed by atoms with E-state index >= 15 is 0 Å². The van der Waals surface area contributed by atoms with Crippen molar-refractivity contribution in [3.8, 4) is 22.8 Å². The highest BCUT2D eigenvalue weighted by Crippen LogP contribution is 2.23. The highest BCUT2D eigenvalue weighted by molar-refractivity contribution is 5.91. The number of nitrogens with zero attached hydrogens (tertiary/aromatic N) is 1. The van der Waals surface area contributed by atoms with Crippen LogP contribution in [-0.2, 0) is 6.42 Å². The molecule has 5 heteroatoms. The molecule has 0 aliphatic heterocycles. The number of hydrogen-bond donors (Lipinski definition) is 1. The molecule has 1 aromatic heterocycles. The quantitative estimate of drug-likeness (QED) is 0.129. The molecule has 0 aliphatic rings. The number of unbranched alkanes of at least 4 members (excludes halogenated alkanes) is 8. The fourth-order valence-electron chi connectivity index (χ4n) is 4.00. The van der Waals surface area contributed by atoms with E-state index in [1.807, 2.05) is 24.3 Å². The summed E-state index contributed by atoms with van der Waals surface area (Å²) in [5.74, 6) is 0.913. The SMILES string of the molecule is CCCCCCCCCOc1ccc(C(=O)Oc2ccc(-c3cc(CCCCC)[nH]n3)cc2)cc1. The molecule has 0 radical (unpaired) electrons. The second-order valence-corrected chi connectivity index (χ2v) is 9.14. The van der Waals surface area contributed by atoms with Crippen LogP contribution in [0.4, 0.5) is 0 Å². The van der Waals surface area contributed by atoms with Crippen molar-refractivity contribution in [3.63, 3.8) is 0 Å². The number of esters is 1. The van der Waals surface area contributed by atoms with Gasteiger partial charge in [0.25, 0.3) is 0 Å². The van der Waals surface area contributed by atoms with Crippen LogP contribution in [0.25, 0.3) is 11.3 Å². The van der Waals surface area contributed by atoms with Crippen molar-refractivity contribution in [1.82, 2.24) is 10.2 Å². The van der Waals surface area contributed by atoms with E-state index in [1.54, 1.807) is 24.3 Å². The molecule has 2 aromatic carbocycles. The van der Waals surface area contributed by atoms with Gasteiger partial charge in [0.15, 0.2) is 0 Å². The third-order valence-corrected chi connectivity index (χ3v) is 6.15. The third-order valence-electron chi connectivity index (χ3n) is 6.15. The lowest BCUT2D eigenvalue weighted by Crippen LogP contribution is -2.08. The zero-order valence-electron chi connectivity index (χ0n) is 21.4. The number of carbonyl (C=O) groups excluding carboxylic acids is 1. The standard InChI is InChI=1S/C30H40N2O3/c1-3-5-7-8-9-10-12-22-34-27-18-16-25(17-19-27)30(33)35-28-20-14-24(15-21-28)29-23-26(31-32-29)13-11-6-4-2/h14-21,23H,3-13,22H2,1-2H3,(H,31,32). The minimum absolute atomic E-state index is 0.380. The van der Waals surface area contributed by atoms with Crippen LogP contribution < -0.4 is 9.47 Å². The minimum Gasteiger partial charge on any atom is -0.494 e. The number of H-pyrrole nitrogens is 1. The molecule has 1 heterocycles. The first kappa shape index (κ1) is 26.5. The largest absolute Gasteiger partial charge is 0.494 e. The Labute approximate surface area is 210 Å². The van der Waals surface area contributed by atoms with Crippen LogP contribution in [0.1, 0.15) is 94.1 Å². The Hall–Kier alpha value is -3.08. The number of aryl methyl sites for hydroxylation is 1. The average molecular weight is 477 g/mol. The molecule has 3 rings (SSSR count). The maximum Gasteiger partial charge on any atom is 0.343 e. The Balaban J connectivity index is 1.41. The van der Waals surface area contributed by atoms with Gasteiger partial charge in [-0.15, -0.1) is 0 Å². The molecule has 188 valence electrons. The van der Waals surface area contributed by atoms with E-state index in [4.69, 9.17) is 9.47 Å². The molecule has 0 fully saturated rings. The second kappa shape index (κ2) is 15.0. The molecule has 0 spiro atoms. The summed E-state index contributed by atoms with van der Waals surface area (Å²) in [7, 11) is 0. The minimum atomic E-state index is -0.380. The monoisotopic (exact) mass is 476 g/mol. The summed E-state index contributed by atoms with van der Waals surface area (Å²) in [6, 6.07) is 16.7. The number of aromatic nitrogens is 2. The normalized spacial score (nSPS) is 10.9. The number of rotatable bonds is 16. The summed E-state index contributed by atoms with van der Waals surface area (Å²) < 4.78 is 11.4. The Morgan fingerprint density at radius 3 is 2.11 bits per heavy atom. The van der Waals surface area contributed by atoms with Gasteiger partial charge in [-0.1, -0.05) is 65.2 Å². The van der Waals surface area contributed by atoms with Crippen molar-refractivity contribution in [1.29, 1.82) is 0 Å². The van der Waals surface area contributed by atoms with Gasteiger partial charge in [-0.25, -0.2) is 4.79 Å². The van der Waals surface area contributed by atoms with Crippen LogP contribution in [0.3, 0.4) is 0 Å². The zero-order chi connectivity index (χ0) is 24.7. The molecule has 0 amide bonds. The van der Waals surface area contributed by atoms with Gasteiger partial charge in [-0.2, -0.15) is 5.10 Å². The van der Waals surface area contributed by atoms with Crippen molar-refractivity contribution in [2.24, 2.45) is 0 Å². The van der Waals surface area contributed by atoms with Gasteiger partial charge in [-0.05, 0) is 73.9 Å². The fourth-order valence-corrected chi connectivity index (χ4v) is 4.00. The molecule has 0 saturated carbocycles. The Morgan fingerprint density at radius 2 is 1.40 bits per heavy atom. The first-order valence-corrected chi connectivity index (χ1v) is 13.3. The van der Waals surface area contributed by atoms with Crippen LogP contribution in [0.2, 0.25) is 0 Å². The van der Waals surface area contributed by atoms with Crippen molar-refractivity contribution in [3.05, 3.63) is 65.9 Å². The Morgan fingerprint density at radius 1 is 0.771 bits per heavy atom. The summed E-state index contributed by atoms with van der Waals surface area (Å²) in [4.78, 5) is 12.5. The molecule has 5 nitrogen and oxygen atoms in total. The molecule has 35 heavy (non-hydrogen) atoms. The van der Waals surface area contributed by atoms with Crippen LogP contribution in [0, 0.1) is 0 Å². The maximum atomic E-state index is 12.5. The first-order chi connectivity index (χ1) is 17.2. The second-order valence-electron chi connectivity index (χ2n) is 9.14. The zero-order valence-corrected chi connectivity index (χ0v) is 21.4. The molecule has 0 aliphatic carbocycles. The van der Waals surface area contributed by atoms with Gasteiger partial charge in [0, 0.05) is 11.3 Å². The van der Waals surface area contributed by atoms with E-state index in [0.717, 1.165) is 35.5 Å². The lowest BCUT2D eigenvalue weighted by molar-refractivity contribution is 0.0734. The number of nitrogens with one attached hydrogen (secondary N) is 1. The van der Waals surface area contributed by atoms with E-state index in [1.165, 1.54) is 57.8 Å². The summed E-state index contributed by atoms with van der Waals surface area (Å²) >= 11 is 0. The van der Waals surface area contributed by atoms with E-state index in [0.29, 0.717) is 17.9 Å². The summed E-state index contributed by atoms with van der Waals surface area (Å²) in [6.45, 7) is 5.15. The van der Waals surface area contributed by atoms with Crippen molar-refractivity contribution in [2.45, 2.75) is 84.5 Å². The fraction of sp³-hybridized carbons (Fsp3) is 0.467. The molecule has 1 N–H and O–H groups in total. The van der Waals surface area contributed by atoms with E-state index in [2.05, 4.69) is 30.1 Å². The predicted molar refractivity (Wildman–Crippen MR) is 142 cm³/mol. The highest BCUT2D eigenvalue weighted by Gasteiger charge is 2.10. The van der Waals surface area contributed by atoms with Crippen LogP contribution in [-0.4, -0.2) is 22.8 Å². The van der Waals surface area contributed by atoms with Crippen LogP contribution in [0.15, 0.2) is 54.6 Å². The van der Waals surface area contributed by atoms with Crippen molar-refractivity contribution >= 4 is 5.97 Å². The first-order valence-electron chi connectivity index (χ1n) is 13.3. The number of hydrogen-bond acceptors (Lipinski definition) is 4. The van der Waals surface area contributed by atoms with Crippen LogP contribution >= 0.6 is 0 Å². The molecular formula is C30H40N2O3. The molecule has 0 bridgehead atoms. The summed E-state index contributed by atoms with van der Waals surface area (Å²) in [6.07, 6.45) is 13.4. The third kappa shape index (κ3) is 9.23. The van der Waals surface area contributed by atoms with Crippen molar-refractivity contribution in [2.75, 3.05) is 6.61 Å². The van der Waals surface area contributed by atoms with E-state index in [-0.39, 0.29) is 5.97 Å². The van der Waals surface area contributed by atoms with Gasteiger partial charge in [0.2, 0.25) is 0 Å². The van der Waals surface area contributed by atoms with E-state index < -0.39 is 0 Å². The lowest BCUT2D eigenvalue weighted by atomic mass is 10.1. The number of ether oxygens (including phenoxy) is 2. The highest BCUT2D eigenvalue weighted by atomic mass is 16.5. The predicted octanol–water partition coefficient (Wildman–Crippen LogP) is 8.16. The van der Waals surface area contributed by atoms with Crippen LogP contribution in [0.5, 0.6) is 11.5 Å². The number of carbonyl (C=O) groups is 1.